The van der Waals surface area contributed by atoms with Gasteiger partial charge in [-0.3, -0.25) is 10.1 Å². The molecule has 1 aromatic carbocycles. The Morgan fingerprint density at radius 3 is 3.14 bits per heavy atom. The monoisotopic (exact) mass is 321 g/mol. The number of non-ortho nitro benzene ring substituents is 1. The molecule has 0 aliphatic heterocycles. The Bertz CT molecular complexity index is 715. The van der Waals surface area contributed by atoms with Gasteiger partial charge in [0.2, 0.25) is 5.69 Å². The third-order valence-corrected chi connectivity index (χ3v) is 3.04. The van der Waals surface area contributed by atoms with E-state index in [1.807, 2.05) is 0 Å². The lowest BCUT2D eigenvalue weighted by Gasteiger charge is -2.00. The van der Waals surface area contributed by atoms with Crippen molar-refractivity contribution >= 4 is 40.2 Å². The Hall–Kier alpha value is -2.88. The molecule has 2 aromatic rings. The number of nitro benzene ring substituents is 1. The van der Waals surface area contributed by atoms with E-state index in [-0.39, 0.29) is 23.0 Å². The summed E-state index contributed by atoms with van der Waals surface area (Å²) in [6.45, 7) is 1.91. The molecule has 2 rings (SSSR count). The van der Waals surface area contributed by atoms with E-state index in [0.717, 1.165) is 11.5 Å². The van der Waals surface area contributed by atoms with Crippen LogP contribution in [-0.4, -0.2) is 33.4 Å². The highest BCUT2D eigenvalue weighted by molar-refractivity contribution is 7.10. The fourth-order valence-electron chi connectivity index (χ4n) is 1.47. The number of nitro groups is 1. The molecule has 1 heterocycles. The Labute approximate surface area is 129 Å². The molecule has 1 aromatic heterocycles. The lowest BCUT2D eigenvalue weighted by atomic mass is 10.3. The molecule has 9 nitrogen and oxygen atoms in total. The van der Waals surface area contributed by atoms with Crippen LogP contribution in [0.3, 0.4) is 0 Å². The van der Waals surface area contributed by atoms with Crippen LogP contribution in [0.15, 0.2) is 29.3 Å². The third-order valence-electron chi connectivity index (χ3n) is 2.41. The van der Waals surface area contributed by atoms with E-state index >= 15 is 0 Å². The standard InChI is InChI=1S/C12H11N5O4S/c1-2-21-12(18)10-11(22-16-15-10)14-7-13-8-4-3-5-9(6-8)17(19)20/h3-7H,2H2,1H3,(H,13,14). The lowest BCUT2D eigenvalue weighted by Crippen LogP contribution is -2.05. The minimum absolute atomic E-state index is 0.0314. The summed E-state index contributed by atoms with van der Waals surface area (Å²) in [4.78, 5) is 25.8. The number of ether oxygens (including phenoxy) is 1. The van der Waals surface area contributed by atoms with Gasteiger partial charge in [-0.05, 0) is 13.0 Å². The number of nitrogens with one attached hydrogen (secondary N) is 1. The molecule has 0 unspecified atom stereocenters. The highest BCUT2D eigenvalue weighted by Crippen LogP contribution is 2.22. The largest absolute Gasteiger partial charge is 0.461 e. The molecule has 0 aliphatic rings. The molecular formula is C12H11N5O4S. The number of hydrogen-bond donors (Lipinski definition) is 1. The summed E-state index contributed by atoms with van der Waals surface area (Å²) in [5, 5.41) is 17.4. The van der Waals surface area contributed by atoms with Gasteiger partial charge in [0, 0.05) is 29.4 Å². The summed E-state index contributed by atoms with van der Waals surface area (Å²) in [6.07, 6.45) is 1.30. The van der Waals surface area contributed by atoms with Crippen LogP contribution < -0.4 is 5.32 Å². The average Bonchev–Trinajstić information content (AvgIpc) is 2.96. The van der Waals surface area contributed by atoms with Crippen LogP contribution in [0.5, 0.6) is 0 Å². The summed E-state index contributed by atoms with van der Waals surface area (Å²) in [5.74, 6) is -0.598. The van der Waals surface area contributed by atoms with Crippen molar-refractivity contribution in [2.75, 3.05) is 11.9 Å². The molecular weight excluding hydrogens is 310 g/mol. The van der Waals surface area contributed by atoms with Gasteiger partial charge in [0.1, 0.15) is 0 Å². The summed E-state index contributed by atoms with van der Waals surface area (Å²) < 4.78 is 8.48. The highest BCUT2D eigenvalue weighted by Gasteiger charge is 2.16. The van der Waals surface area contributed by atoms with Crippen LogP contribution in [0, 0.1) is 10.1 Å². The first-order chi connectivity index (χ1) is 10.6. The summed E-state index contributed by atoms with van der Waals surface area (Å²) in [5.41, 5.74) is 0.488. The number of hydrogen-bond acceptors (Lipinski definition) is 8. The number of carbonyl (C=O) groups excluding carboxylic acids is 1. The Morgan fingerprint density at radius 1 is 1.59 bits per heavy atom. The van der Waals surface area contributed by atoms with Gasteiger partial charge in [0.25, 0.3) is 5.69 Å². The van der Waals surface area contributed by atoms with E-state index in [4.69, 9.17) is 4.74 Å². The topological polar surface area (TPSA) is 120 Å². The molecule has 0 radical (unpaired) electrons. The van der Waals surface area contributed by atoms with Gasteiger partial charge >= 0.3 is 5.97 Å². The molecule has 0 spiro atoms. The zero-order valence-electron chi connectivity index (χ0n) is 11.4. The summed E-state index contributed by atoms with van der Waals surface area (Å²) >= 11 is 0.939. The highest BCUT2D eigenvalue weighted by atomic mass is 32.1. The van der Waals surface area contributed by atoms with Crippen molar-refractivity contribution in [3.05, 3.63) is 40.1 Å². The molecule has 0 saturated carbocycles. The Kier molecular flexibility index (Phi) is 5.09. The third kappa shape index (κ3) is 3.82. The van der Waals surface area contributed by atoms with E-state index in [0.29, 0.717) is 5.69 Å². The molecule has 114 valence electrons. The van der Waals surface area contributed by atoms with E-state index in [2.05, 4.69) is 19.9 Å². The Morgan fingerprint density at radius 2 is 2.41 bits per heavy atom. The van der Waals surface area contributed by atoms with Crippen molar-refractivity contribution in [1.82, 2.24) is 9.59 Å². The molecule has 0 atom stereocenters. The zero-order chi connectivity index (χ0) is 15.9. The number of esters is 1. The van der Waals surface area contributed by atoms with E-state index in [1.165, 1.54) is 18.5 Å². The number of benzene rings is 1. The molecule has 1 N–H and O–H groups in total. The molecule has 0 aliphatic carbocycles. The lowest BCUT2D eigenvalue weighted by molar-refractivity contribution is -0.384. The van der Waals surface area contributed by atoms with Gasteiger partial charge in [-0.2, -0.15) is 0 Å². The molecule has 10 heteroatoms. The maximum atomic E-state index is 11.6. The van der Waals surface area contributed by atoms with Gasteiger partial charge in [-0.15, -0.1) is 5.10 Å². The number of aliphatic imine (C=N–C) groups is 1. The zero-order valence-corrected chi connectivity index (χ0v) is 12.2. The van der Waals surface area contributed by atoms with Crippen molar-refractivity contribution in [2.24, 2.45) is 4.99 Å². The van der Waals surface area contributed by atoms with Gasteiger partial charge in [0.05, 0.1) is 17.9 Å². The first-order valence-electron chi connectivity index (χ1n) is 6.14. The fraction of sp³-hybridized carbons (Fsp3) is 0.167. The van der Waals surface area contributed by atoms with Gasteiger partial charge in [-0.25, -0.2) is 9.79 Å². The molecule has 0 fully saturated rings. The number of rotatable bonds is 6. The number of nitrogens with zero attached hydrogens (tertiary/aromatic N) is 4. The maximum absolute atomic E-state index is 11.6. The van der Waals surface area contributed by atoms with Gasteiger partial charge in [0.15, 0.2) is 5.00 Å². The molecule has 0 saturated heterocycles. The van der Waals surface area contributed by atoms with Crippen LogP contribution in [-0.2, 0) is 4.74 Å². The average molecular weight is 321 g/mol. The summed E-state index contributed by atoms with van der Waals surface area (Å²) in [6, 6.07) is 5.94. The molecule has 22 heavy (non-hydrogen) atoms. The second-order valence-electron chi connectivity index (χ2n) is 3.86. The first kappa shape index (κ1) is 15.5. The predicted octanol–water partition coefficient (Wildman–Crippen LogP) is 2.39. The van der Waals surface area contributed by atoms with Crippen LogP contribution in [0.2, 0.25) is 0 Å². The number of anilines is 1. The van der Waals surface area contributed by atoms with Crippen molar-refractivity contribution in [1.29, 1.82) is 0 Å². The van der Waals surface area contributed by atoms with Crippen molar-refractivity contribution in [3.63, 3.8) is 0 Å². The van der Waals surface area contributed by atoms with Crippen molar-refractivity contribution in [2.45, 2.75) is 6.92 Å². The van der Waals surface area contributed by atoms with E-state index < -0.39 is 10.9 Å². The molecule has 0 bridgehead atoms. The minimum Gasteiger partial charge on any atom is -0.461 e. The van der Waals surface area contributed by atoms with Crippen LogP contribution in [0.1, 0.15) is 17.4 Å². The number of aromatic nitrogens is 2. The van der Waals surface area contributed by atoms with Gasteiger partial charge in [-0.1, -0.05) is 10.6 Å². The quantitative estimate of drug-likeness (QED) is 0.285. The smallest absolute Gasteiger partial charge is 0.362 e. The molecule has 0 amide bonds. The number of carbonyl (C=O) groups is 1. The van der Waals surface area contributed by atoms with Crippen molar-refractivity contribution in [3.8, 4) is 0 Å². The van der Waals surface area contributed by atoms with Crippen LogP contribution in [0.25, 0.3) is 0 Å². The fourth-order valence-corrected chi connectivity index (χ4v) is 1.98. The minimum atomic E-state index is -0.598. The van der Waals surface area contributed by atoms with E-state index in [1.54, 1.807) is 19.1 Å². The summed E-state index contributed by atoms with van der Waals surface area (Å²) in [7, 11) is 0. The first-order valence-corrected chi connectivity index (χ1v) is 6.92. The van der Waals surface area contributed by atoms with Crippen molar-refractivity contribution < 1.29 is 14.5 Å². The van der Waals surface area contributed by atoms with Crippen LogP contribution in [0.4, 0.5) is 16.4 Å². The van der Waals surface area contributed by atoms with Crippen LogP contribution >= 0.6 is 11.5 Å². The normalized spacial score (nSPS) is 10.6. The Balaban J connectivity index is 2.07. The maximum Gasteiger partial charge on any atom is 0.362 e. The second-order valence-corrected chi connectivity index (χ2v) is 4.59. The van der Waals surface area contributed by atoms with E-state index in [9.17, 15) is 14.9 Å². The SMILES string of the molecule is CCOC(=O)c1nnsc1/N=C/Nc1cccc([N+](=O)[O-])c1. The predicted molar refractivity (Wildman–Crippen MR) is 80.7 cm³/mol. The van der Waals surface area contributed by atoms with Gasteiger partial charge < -0.3 is 10.1 Å². The second kappa shape index (κ2) is 7.22.